The van der Waals surface area contributed by atoms with Crippen LogP contribution in [-0.4, -0.2) is 17.1 Å². The lowest BCUT2D eigenvalue weighted by Crippen LogP contribution is -2.39. The fourth-order valence-electron chi connectivity index (χ4n) is 4.32. The second kappa shape index (κ2) is 10.3. The molecule has 0 saturated carbocycles. The minimum atomic E-state index is -4.49. The Morgan fingerprint density at radius 1 is 1.18 bits per heavy atom. The van der Waals surface area contributed by atoms with Crippen molar-refractivity contribution < 1.29 is 27.1 Å². The normalized spacial score (nSPS) is 15.7. The van der Waals surface area contributed by atoms with Crippen molar-refractivity contribution in [2.24, 2.45) is 4.99 Å². The number of esters is 1. The molecule has 0 bridgehead atoms. The summed E-state index contributed by atoms with van der Waals surface area (Å²) in [5.41, 5.74) is 0.359. The number of allylic oxidation sites excluding steroid dienone is 1. The van der Waals surface area contributed by atoms with Crippen LogP contribution in [0, 0.1) is 0 Å². The Morgan fingerprint density at radius 3 is 2.62 bits per heavy atom. The largest absolute Gasteiger partial charge is 0.463 e. The summed E-state index contributed by atoms with van der Waals surface area (Å²) in [7, 11) is 0. The van der Waals surface area contributed by atoms with E-state index >= 15 is 0 Å². The first-order valence-electron chi connectivity index (χ1n) is 11.8. The molecule has 1 atom stereocenters. The molecule has 2 aromatic carbocycles. The highest BCUT2D eigenvalue weighted by Gasteiger charge is 2.33. The number of hydrogen-bond donors (Lipinski definition) is 0. The monoisotopic (exact) mass is 572 g/mol. The summed E-state index contributed by atoms with van der Waals surface area (Å²) in [4.78, 5) is 31.5. The molecule has 1 aliphatic rings. The lowest BCUT2D eigenvalue weighted by atomic mass is 9.96. The number of fused-ring (bicyclic) bond motifs is 1. The van der Waals surface area contributed by atoms with E-state index in [0.717, 1.165) is 23.5 Å². The zero-order valence-corrected chi connectivity index (χ0v) is 22.2. The number of aromatic nitrogens is 1. The van der Waals surface area contributed by atoms with E-state index in [1.165, 1.54) is 28.8 Å². The molecule has 0 aliphatic carbocycles. The van der Waals surface area contributed by atoms with Gasteiger partial charge in [0, 0.05) is 16.7 Å². The molecule has 0 saturated heterocycles. The van der Waals surface area contributed by atoms with Gasteiger partial charge in [0.25, 0.3) is 5.56 Å². The molecule has 200 valence electrons. The van der Waals surface area contributed by atoms with Gasteiger partial charge in [0.1, 0.15) is 11.5 Å². The van der Waals surface area contributed by atoms with Gasteiger partial charge in [-0.15, -0.1) is 0 Å². The number of furan rings is 1. The van der Waals surface area contributed by atoms with Crippen LogP contribution in [0.5, 0.6) is 0 Å². The van der Waals surface area contributed by atoms with Crippen LogP contribution in [0.2, 0.25) is 5.02 Å². The van der Waals surface area contributed by atoms with E-state index in [4.69, 9.17) is 20.8 Å². The van der Waals surface area contributed by atoms with Crippen molar-refractivity contribution in [3.05, 3.63) is 114 Å². The Balaban J connectivity index is 1.60. The van der Waals surface area contributed by atoms with E-state index in [1.54, 1.807) is 44.2 Å². The molecule has 1 aliphatic heterocycles. The molecular weight excluding hydrogens is 553 g/mol. The van der Waals surface area contributed by atoms with Crippen molar-refractivity contribution in [3.8, 4) is 11.3 Å². The maximum absolute atomic E-state index is 13.6. The third kappa shape index (κ3) is 5.22. The van der Waals surface area contributed by atoms with Crippen molar-refractivity contribution >= 4 is 35.0 Å². The fourth-order valence-corrected chi connectivity index (χ4v) is 5.47. The molecule has 0 fully saturated rings. The molecule has 0 radical (unpaired) electrons. The summed E-state index contributed by atoms with van der Waals surface area (Å²) in [6, 6.07) is 13.9. The van der Waals surface area contributed by atoms with Gasteiger partial charge < -0.3 is 9.15 Å². The van der Waals surface area contributed by atoms with Gasteiger partial charge in [-0.1, -0.05) is 47.2 Å². The van der Waals surface area contributed by atoms with Crippen LogP contribution in [0.25, 0.3) is 17.4 Å². The third-order valence-electron chi connectivity index (χ3n) is 6.08. The highest BCUT2D eigenvalue weighted by atomic mass is 35.5. The predicted molar refractivity (Wildman–Crippen MR) is 141 cm³/mol. The van der Waals surface area contributed by atoms with Gasteiger partial charge in [-0.25, -0.2) is 9.79 Å². The van der Waals surface area contributed by atoms with E-state index in [2.05, 4.69) is 4.99 Å². The maximum atomic E-state index is 13.6. The lowest BCUT2D eigenvalue weighted by Gasteiger charge is -2.24. The van der Waals surface area contributed by atoms with Crippen LogP contribution in [0.3, 0.4) is 0 Å². The predicted octanol–water partition coefficient (Wildman–Crippen LogP) is 5.73. The van der Waals surface area contributed by atoms with Crippen LogP contribution in [0.1, 0.15) is 36.8 Å². The lowest BCUT2D eigenvalue weighted by molar-refractivity contribution is -0.139. The smallest absolute Gasteiger partial charge is 0.416 e. The van der Waals surface area contributed by atoms with Crippen LogP contribution in [-0.2, 0) is 15.7 Å². The number of benzene rings is 2. The average Bonchev–Trinajstić information content (AvgIpc) is 3.48. The number of rotatable bonds is 5. The molecule has 3 heterocycles. The van der Waals surface area contributed by atoms with Gasteiger partial charge in [-0.2, -0.15) is 13.2 Å². The molecule has 2 aromatic heterocycles. The topological polar surface area (TPSA) is 73.8 Å². The van der Waals surface area contributed by atoms with E-state index in [0.29, 0.717) is 21.1 Å². The Labute approximate surface area is 228 Å². The molecule has 11 heteroatoms. The molecule has 0 N–H and O–H groups in total. The van der Waals surface area contributed by atoms with Gasteiger partial charge in [-0.05, 0) is 55.8 Å². The second-order valence-corrected chi connectivity index (χ2v) is 10.1. The first kappa shape index (κ1) is 26.7. The average molecular weight is 573 g/mol. The number of halogens is 4. The van der Waals surface area contributed by atoms with E-state index < -0.39 is 29.3 Å². The number of ether oxygens (including phenoxy) is 1. The zero-order valence-electron chi connectivity index (χ0n) is 20.6. The highest BCUT2D eigenvalue weighted by molar-refractivity contribution is 7.07. The van der Waals surface area contributed by atoms with E-state index in [9.17, 15) is 22.8 Å². The maximum Gasteiger partial charge on any atom is 0.416 e. The standard InChI is InChI=1S/C28H20ClF3N2O4S/c1-3-37-26(36)23-15(2)33-27-34(24(23)16-7-9-19(29)10-8-16)25(35)22(39-27)14-20-11-12-21(38-20)17-5-4-6-18(13-17)28(30,31)32/h4-14,24H,3H2,1-2H3/t24-/m0/s1. The minimum absolute atomic E-state index is 0.153. The highest BCUT2D eigenvalue weighted by Crippen LogP contribution is 2.33. The Bertz CT molecular complexity index is 1780. The first-order chi connectivity index (χ1) is 18.6. The Morgan fingerprint density at radius 2 is 1.92 bits per heavy atom. The molecule has 0 spiro atoms. The first-order valence-corrected chi connectivity index (χ1v) is 13.0. The number of nitrogens with zero attached hydrogens (tertiary/aromatic N) is 2. The van der Waals surface area contributed by atoms with E-state index in [-0.39, 0.29) is 33.8 Å². The summed E-state index contributed by atoms with van der Waals surface area (Å²) in [5, 5.41) is 0.499. The van der Waals surface area contributed by atoms with Gasteiger partial charge in [0.05, 0.1) is 34.0 Å². The number of carbonyl (C=O) groups excluding carboxylic acids is 1. The van der Waals surface area contributed by atoms with Crippen LogP contribution < -0.4 is 14.9 Å². The summed E-state index contributed by atoms with van der Waals surface area (Å²) in [6.45, 7) is 3.53. The number of thiazole rings is 1. The van der Waals surface area contributed by atoms with Crippen molar-refractivity contribution in [3.63, 3.8) is 0 Å². The van der Waals surface area contributed by atoms with Gasteiger partial charge in [0.15, 0.2) is 4.80 Å². The SMILES string of the molecule is CCOC(=O)C1=C(C)N=c2sc(=Cc3ccc(-c4cccc(C(F)(F)F)c4)o3)c(=O)n2[C@H]1c1ccc(Cl)cc1. The number of alkyl halides is 3. The van der Waals surface area contributed by atoms with Gasteiger partial charge in [0.2, 0.25) is 0 Å². The second-order valence-electron chi connectivity index (χ2n) is 8.63. The van der Waals surface area contributed by atoms with Gasteiger partial charge >= 0.3 is 12.1 Å². The number of carbonyl (C=O) groups is 1. The van der Waals surface area contributed by atoms with Crippen molar-refractivity contribution in [1.29, 1.82) is 0 Å². The third-order valence-corrected chi connectivity index (χ3v) is 7.31. The Kier molecular flexibility index (Phi) is 7.09. The molecule has 0 unspecified atom stereocenters. The molecular formula is C28H20ClF3N2O4S. The summed E-state index contributed by atoms with van der Waals surface area (Å²) in [6.07, 6.45) is -2.98. The van der Waals surface area contributed by atoms with Crippen LogP contribution >= 0.6 is 22.9 Å². The molecule has 5 rings (SSSR count). The Hall–Kier alpha value is -3.89. The molecule has 4 aromatic rings. The zero-order chi connectivity index (χ0) is 27.9. The minimum Gasteiger partial charge on any atom is -0.463 e. The van der Waals surface area contributed by atoms with Crippen molar-refractivity contribution in [2.75, 3.05) is 6.61 Å². The number of hydrogen-bond acceptors (Lipinski definition) is 6. The summed E-state index contributed by atoms with van der Waals surface area (Å²) in [5.74, 6) is -0.0820. The van der Waals surface area contributed by atoms with Crippen LogP contribution in [0.15, 0.2) is 86.1 Å². The van der Waals surface area contributed by atoms with Crippen LogP contribution in [0.4, 0.5) is 13.2 Å². The molecule has 6 nitrogen and oxygen atoms in total. The fraction of sp³-hybridized carbons (Fsp3) is 0.179. The van der Waals surface area contributed by atoms with E-state index in [1.807, 2.05) is 0 Å². The van der Waals surface area contributed by atoms with Crippen molar-refractivity contribution in [1.82, 2.24) is 4.57 Å². The molecule has 39 heavy (non-hydrogen) atoms. The summed E-state index contributed by atoms with van der Waals surface area (Å²) < 4.78 is 52.1. The molecule has 0 amide bonds. The quantitative estimate of drug-likeness (QED) is 0.286. The van der Waals surface area contributed by atoms with Gasteiger partial charge in [-0.3, -0.25) is 9.36 Å². The van der Waals surface area contributed by atoms with Crippen molar-refractivity contribution in [2.45, 2.75) is 26.1 Å². The summed E-state index contributed by atoms with van der Waals surface area (Å²) >= 11 is 7.18.